The third-order valence-corrected chi connectivity index (χ3v) is 3.85. The van der Waals surface area contributed by atoms with Crippen molar-refractivity contribution in [3.8, 4) is 17.2 Å². The lowest BCUT2D eigenvalue weighted by Gasteiger charge is -2.13. The Morgan fingerprint density at radius 3 is 2.70 bits per heavy atom. The number of hydrogen-bond acceptors (Lipinski definition) is 4. The smallest absolute Gasteiger partial charge is 0.251 e. The molecule has 1 atom stereocenters. The maximum absolute atomic E-state index is 12.3. The lowest BCUT2D eigenvalue weighted by molar-refractivity contribution is 0.0933. The van der Waals surface area contributed by atoms with Gasteiger partial charge in [0.25, 0.3) is 5.91 Å². The fourth-order valence-electron chi connectivity index (χ4n) is 2.65. The topological polar surface area (TPSA) is 56.8 Å². The average molecular weight is 313 g/mol. The van der Waals surface area contributed by atoms with Gasteiger partial charge in [-0.2, -0.15) is 0 Å². The van der Waals surface area contributed by atoms with Crippen LogP contribution in [0.5, 0.6) is 17.2 Å². The molecule has 5 nitrogen and oxygen atoms in total. The summed E-state index contributed by atoms with van der Waals surface area (Å²) in [5.41, 5.74) is 1.70. The highest BCUT2D eigenvalue weighted by molar-refractivity contribution is 5.94. The number of methoxy groups -OCH3 is 2. The summed E-state index contributed by atoms with van der Waals surface area (Å²) in [5.74, 6) is 1.87. The highest BCUT2D eigenvalue weighted by Crippen LogP contribution is 2.29. The number of rotatable bonds is 5. The van der Waals surface area contributed by atoms with E-state index in [2.05, 4.69) is 5.32 Å². The summed E-state index contributed by atoms with van der Waals surface area (Å²) in [6, 6.07) is 13.0. The molecule has 0 radical (unpaired) electrons. The molecule has 1 aliphatic heterocycles. The van der Waals surface area contributed by atoms with Crippen molar-refractivity contribution < 1.29 is 19.0 Å². The highest BCUT2D eigenvalue weighted by Gasteiger charge is 2.23. The van der Waals surface area contributed by atoms with Gasteiger partial charge in [0.1, 0.15) is 11.9 Å². The molecule has 3 rings (SSSR count). The van der Waals surface area contributed by atoms with E-state index in [1.54, 1.807) is 32.4 Å². The van der Waals surface area contributed by atoms with Crippen molar-refractivity contribution in [3.05, 3.63) is 53.6 Å². The summed E-state index contributed by atoms with van der Waals surface area (Å²) in [4.78, 5) is 12.3. The first-order valence-corrected chi connectivity index (χ1v) is 7.46. The minimum atomic E-state index is -0.162. The zero-order valence-corrected chi connectivity index (χ0v) is 13.2. The molecule has 1 heterocycles. The van der Waals surface area contributed by atoms with Crippen LogP contribution in [0, 0.1) is 0 Å². The molecule has 0 aliphatic carbocycles. The van der Waals surface area contributed by atoms with Crippen LogP contribution in [0.15, 0.2) is 42.5 Å². The molecule has 0 saturated heterocycles. The first kappa shape index (κ1) is 15.2. The Morgan fingerprint density at radius 1 is 1.17 bits per heavy atom. The highest BCUT2D eigenvalue weighted by atomic mass is 16.5. The molecule has 1 amide bonds. The molecule has 0 bridgehead atoms. The largest absolute Gasteiger partial charge is 0.493 e. The van der Waals surface area contributed by atoms with Crippen molar-refractivity contribution in [3.63, 3.8) is 0 Å². The van der Waals surface area contributed by atoms with Crippen LogP contribution in [-0.4, -0.2) is 32.8 Å². The number of hydrogen-bond donors (Lipinski definition) is 1. The van der Waals surface area contributed by atoms with E-state index in [4.69, 9.17) is 14.2 Å². The second kappa shape index (κ2) is 6.60. The second-order valence-corrected chi connectivity index (χ2v) is 5.33. The summed E-state index contributed by atoms with van der Waals surface area (Å²) in [5, 5.41) is 2.90. The van der Waals surface area contributed by atoms with Crippen LogP contribution < -0.4 is 19.5 Å². The molecular weight excluding hydrogens is 294 g/mol. The van der Waals surface area contributed by atoms with E-state index in [0.717, 1.165) is 12.2 Å². The normalized spacial score (nSPS) is 15.5. The van der Waals surface area contributed by atoms with Crippen LogP contribution in [0.25, 0.3) is 0 Å². The van der Waals surface area contributed by atoms with Gasteiger partial charge in [-0.1, -0.05) is 18.2 Å². The molecule has 2 aromatic carbocycles. The average Bonchev–Trinajstić information content (AvgIpc) is 3.01. The molecule has 0 saturated carbocycles. The number of carbonyl (C=O) groups is 1. The van der Waals surface area contributed by atoms with Crippen molar-refractivity contribution in [1.82, 2.24) is 5.32 Å². The van der Waals surface area contributed by atoms with E-state index in [1.165, 1.54) is 5.56 Å². The van der Waals surface area contributed by atoms with Crippen LogP contribution in [0.1, 0.15) is 15.9 Å². The van der Waals surface area contributed by atoms with Gasteiger partial charge in [-0.3, -0.25) is 4.79 Å². The maximum Gasteiger partial charge on any atom is 0.251 e. The minimum absolute atomic E-state index is 0.0310. The molecular formula is C18H19NO4. The van der Waals surface area contributed by atoms with Gasteiger partial charge < -0.3 is 19.5 Å². The lowest BCUT2D eigenvalue weighted by Crippen LogP contribution is -2.34. The van der Waals surface area contributed by atoms with Crippen molar-refractivity contribution in [2.45, 2.75) is 12.5 Å². The number of benzene rings is 2. The zero-order valence-electron chi connectivity index (χ0n) is 13.2. The van der Waals surface area contributed by atoms with Crippen molar-refractivity contribution in [1.29, 1.82) is 0 Å². The summed E-state index contributed by atoms with van der Waals surface area (Å²) in [7, 11) is 3.11. The summed E-state index contributed by atoms with van der Waals surface area (Å²) < 4.78 is 16.2. The SMILES string of the molecule is COc1ccc(C(=O)NCC2Cc3ccccc3O2)cc1OC. The fraction of sp³-hybridized carbons (Fsp3) is 0.278. The van der Waals surface area contributed by atoms with Crippen LogP contribution in [-0.2, 0) is 6.42 Å². The fourth-order valence-corrected chi connectivity index (χ4v) is 2.65. The maximum atomic E-state index is 12.3. The van der Waals surface area contributed by atoms with Gasteiger partial charge in [0.2, 0.25) is 0 Å². The third kappa shape index (κ3) is 3.23. The molecule has 0 fully saturated rings. The molecule has 1 N–H and O–H groups in total. The number of amides is 1. The Bertz CT molecular complexity index is 689. The number of carbonyl (C=O) groups excluding carboxylic acids is 1. The predicted molar refractivity (Wildman–Crippen MR) is 86.4 cm³/mol. The van der Waals surface area contributed by atoms with Gasteiger partial charge in [0.15, 0.2) is 11.5 Å². The van der Waals surface area contributed by atoms with Gasteiger partial charge in [0.05, 0.1) is 20.8 Å². The lowest BCUT2D eigenvalue weighted by atomic mass is 10.1. The molecule has 5 heteroatoms. The van der Waals surface area contributed by atoms with Crippen molar-refractivity contribution in [2.75, 3.05) is 20.8 Å². The number of ether oxygens (including phenoxy) is 3. The first-order valence-electron chi connectivity index (χ1n) is 7.46. The first-order chi connectivity index (χ1) is 11.2. The van der Waals surface area contributed by atoms with Gasteiger partial charge in [-0.05, 0) is 29.8 Å². The van der Waals surface area contributed by atoms with Crippen molar-refractivity contribution in [2.24, 2.45) is 0 Å². The number of fused-ring (bicyclic) bond motifs is 1. The zero-order chi connectivity index (χ0) is 16.2. The molecule has 1 aliphatic rings. The quantitative estimate of drug-likeness (QED) is 0.921. The second-order valence-electron chi connectivity index (χ2n) is 5.33. The van der Waals surface area contributed by atoms with E-state index in [1.807, 2.05) is 24.3 Å². The number of nitrogens with one attached hydrogen (secondary N) is 1. The predicted octanol–water partition coefficient (Wildman–Crippen LogP) is 2.44. The van der Waals surface area contributed by atoms with Crippen LogP contribution in [0.4, 0.5) is 0 Å². The van der Waals surface area contributed by atoms with Gasteiger partial charge in [-0.25, -0.2) is 0 Å². The van der Waals surface area contributed by atoms with E-state index in [9.17, 15) is 4.79 Å². The van der Waals surface area contributed by atoms with Gasteiger partial charge in [-0.15, -0.1) is 0 Å². The van der Waals surface area contributed by atoms with Gasteiger partial charge in [0, 0.05) is 12.0 Å². The van der Waals surface area contributed by atoms with E-state index >= 15 is 0 Å². The molecule has 120 valence electrons. The standard InChI is InChI=1S/C18H19NO4/c1-21-16-8-7-13(10-17(16)22-2)18(20)19-11-14-9-12-5-3-4-6-15(12)23-14/h3-8,10,14H,9,11H2,1-2H3,(H,19,20). The summed E-state index contributed by atoms with van der Waals surface area (Å²) >= 11 is 0. The summed E-state index contributed by atoms with van der Waals surface area (Å²) in [6.45, 7) is 0.460. The molecule has 0 aromatic heterocycles. The minimum Gasteiger partial charge on any atom is -0.493 e. The van der Waals surface area contributed by atoms with Crippen molar-refractivity contribution >= 4 is 5.91 Å². The molecule has 23 heavy (non-hydrogen) atoms. The third-order valence-electron chi connectivity index (χ3n) is 3.85. The Balaban J connectivity index is 1.60. The van der Waals surface area contributed by atoms with Crippen LogP contribution in [0.2, 0.25) is 0 Å². The molecule has 2 aromatic rings. The van der Waals surface area contributed by atoms with Crippen LogP contribution in [0.3, 0.4) is 0 Å². The Morgan fingerprint density at radius 2 is 1.96 bits per heavy atom. The Hall–Kier alpha value is -2.69. The van der Waals surface area contributed by atoms with Crippen LogP contribution >= 0.6 is 0 Å². The Kier molecular flexibility index (Phi) is 4.37. The van der Waals surface area contributed by atoms with E-state index < -0.39 is 0 Å². The van der Waals surface area contributed by atoms with E-state index in [-0.39, 0.29) is 12.0 Å². The number of para-hydroxylation sites is 1. The molecule has 0 spiro atoms. The van der Waals surface area contributed by atoms with Gasteiger partial charge >= 0.3 is 0 Å². The monoisotopic (exact) mass is 313 g/mol. The molecule has 1 unspecified atom stereocenters. The Labute approximate surface area is 135 Å². The van der Waals surface area contributed by atoms with E-state index in [0.29, 0.717) is 23.6 Å². The summed E-state index contributed by atoms with van der Waals surface area (Å²) in [6.07, 6.45) is 0.777.